The molecule has 0 saturated carbocycles. The van der Waals surface area contributed by atoms with Crippen LogP contribution in [0.4, 0.5) is 0 Å². The van der Waals surface area contributed by atoms with Gasteiger partial charge in [0.25, 0.3) is 0 Å². The molecule has 1 rings (SSSR count). The third kappa shape index (κ3) is 4.79. The Kier molecular flexibility index (Phi) is 6.23. The van der Waals surface area contributed by atoms with E-state index in [2.05, 4.69) is 18.5 Å². The normalized spacial score (nSPS) is 14.2. The van der Waals surface area contributed by atoms with Gasteiger partial charge in [0, 0.05) is 13.0 Å². The number of nitrogens with one attached hydrogen (secondary N) is 1. The Morgan fingerprint density at radius 1 is 1.46 bits per heavy atom. The molecule has 0 bridgehead atoms. The first-order chi connectivity index (χ1) is 6.26. The van der Waals surface area contributed by atoms with Crippen LogP contribution in [0.15, 0.2) is 25.6 Å². The standard InChI is InChI=1S/C6H9NO.C3H5NO/c1-2-7-5-3-4-6(7)8;1-2-4-3-5/h2H,1,3-5H2;2-3H,1H2,(H,4,5). The second kappa shape index (κ2) is 7.09. The van der Waals surface area contributed by atoms with Crippen LogP contribution in [0.2, 0.25) is 0 Å². The molecule has 2 amide bonds. The van der Waals surface area contributed by atoms with Crippen LogP contribution in [0.25, 0.3) is 0 Å². The van der Waals surface area contributed by atoms with Gasteiger partial charge in [0.15, 0.2) is 0 Å². The fourth-order valence-electron chi connectivity index (χ4n) is 0.910. The number of rotatable bonds is 3. The number of hydrogen-bond acceptors (Lipinski definition) is 2. The van der Waals surface area contributed by atoms with Gasteiger partial charge in [0.05, 0.1) is 0 Å². The second-order valence-electron chi connectivity index (χ2n) is 2.36. The zero-order valence-electron chi connectivity index (χ0n) is 7.53. The lowest BCUT2D eigenvalue weighted by atomic mass is 10.4. The summed E-state index contributed by atoms with van der Waals surface area (Å²) in [5.74, 6) is 0.208. The van der Waals surface area contributed by atoms with Crippen molar-refractivity contribution in [2.75, 3.05) is 6.54 Å². The van der Waals surface area contributed by atoms with Crippen molar-refractivity contribution in [1.82, 2.24) is 10.2 Å². The van der Waals surface area contributed by atoms with Gasteiger partial charge in [-0.15, -0.1) is 0 Å². The Morgan fingerprint density at radius 3 is 2.31 bits per heavy atom. The summed E-state index contributed by atoms with van der Waals surface area (Å²) in [5.41, 5.74) is 0. The molecule has 1 N–H and O–H groups in total. The molecule has 0 aromatic rings. The number of carbonyl (C=O) groups excluding carboxylic acids is 2. The number of nitrogens with zero attached hydrogens (tertiary/aromatic N) is 1. The topological polar surface area (TPSA) is 49.4 Å². The lowest BCUT2D eigenvalue weighted by molar-refractivity contribution is -0.125. The number of hydrogen-bond donors (Lipinski definition) is 1. The van der Waals surface area contributed by atoms with E-state index < -0.39 is 0 Å². The first-order valence-electron chi connectivity index (χ1n) is 3.99. The molecule has 0 aromatic heterocycles. The lowest BCUT2D eigenvalue weighted by Gasteiger charge is -2.05. The van der Waals surface area contributed by atoms with Crippen molar-refractivity contribution in [3.63, 3.8) is 0 Å². The van der Waals surface area contributed by atoms with E-state index in [-0.39, 0.29) is 5.91 Å². The van der Waals surface area contributed by atoms with E-state index >= 15 is 0 Å². The highest BCUT2D eigenvalue weighted by molar-refractivity contribution is 5.78. The van der Waals surface area contributed by atoms with Crippen LogP contribution < -0.4 is 5.32 Å². The Morgan fingerprint density at radius 2 is 2.15 bits per heavy atom. The van der Waals surface area contributed by atoms with Crippen LogP contribution in [0, 0.1) is 0 Å². The average molecular weight is 182 g/mol. The van der Waals surface area contributed by atoms with Crippen molar-refractivity contribution in [3.8, 4) is 0 Å². The van der Waals surface area contributed by atoms with Crippen LogP contribution in [0.1, 0.15) is 12.8 Å². The first kappa shape index (κ1) is 11.4. The molecule has 0 radical (unpaired) electrons. The molecule has 0 unspecified atom stereocenters. The summed E-state index contributed by atoms with van der Waals surface area (Å²) in [6.07, 6.45) is 5.16. The summed E-state index contributed by atoms with van der Waals surface area (Å²) in [4.78, 5) is 21.5. The van der Waals surface area contributed by atoms with Crippen molar-refractivity contribution in [2.45, 2.75) is 12.8 Å². The molecule has 1 aliphatic rings. The molecule has 13 heavy (non-hydrogen) atoms. The van der Waals surface area contributed by atoms with Gasteiger partial charge >= 0.3 is 0 Å². The molecule has 0 atom stereocenters. The van der Waals surface area contributed by atoms with E-state index in [0.717, 1.165) is 13.0 Å². The molecule has 0 aromatic carbocycles. The lowest BCUT2D eigenvalue weighted by Crippen LogP contribution is -2.16. The van der Waals surface area contributed by atoms with Crippen LogP contribution in [0.5, 0.6) is 0 Å². The minimum absolute atomic E-state index is 0.208. The smallest absolute Gasteiger partial charge is 0.226 e. The molecule has 0 spiro atoms. The quantitative estimate of drug-likeness (QED) is 0.651. The number of likely N-dealkylation sites (tertiary alicyclic amines) is 1. The maximum atomic E-state index is 10.7. The molecule has 4 nitrogen and oxygen atoms in total. The highest BCUT2D eigenvalue weighted by atomic mass is 16.2. The molecular formula is C9H14N2O2. The van der Waals surface area contributed by atoms with Crippen molar-refractivity contribution in [3.05, 3.63) is 25.6 Å². The zero-order valence-corrected chi connectivity index (χ0v) is 7.53. The van der Waals surface area contributed by atoms with Gasteiger partial charge in [-0.05, 0) is 18.8 Å². The van der Waals surface area contributed by atoms with Crippen LogP contribution in [-0.2, 0) is 9.59 Å². The Balaban J connectivity index is 0.000000252. The van der Waals surface area contributed by atoms with E-state index in [0.29, 0.717) is 12.8 Å². The third-order valence-electron chi connectivity index (χ3n) is 1.52. The summed E-state index contributed by atoms with van der Waals surface area (Å²) in [6.45, 7) is 7.57. The minimum atomic E-state index is 0.208. The monoisotopic (exact) mass is 182 g/mol. The van der Waals surface area contributed by atoms with Crippen molar-refractivity contribution >= 4 is 12.3 Å². The second-order valence-corrected chi connectivity index (χ2v) is 2.36. The predicted octanol–water partition coefficient (Wildman–Crippen LogP) is 0.628. The highest BCUT2D eigenvalue weighted by Gasteiger charge is 2.15. The molecule has 72 valence electrons. The van der Waals surface area contributed by atoms with E-state index in [4.69, 9.17) is 0 Å². The molecule has 1 heterocycles. The van der Waals surface area contributed by atoms with E-state index in [1.54, 1.807) is 11.1 Å². The molecular weight excluding hydrogens is 168 g/mol. The third-order valence-corrected chi connectivity index (χ3v) is 1.52. The predicted molar refractivity (Wildman–Crippen MR) is 50.5 cm³/mol. The van der Waals surface area contributed by atoms with Crippen molar-refractivity contribution < 1.29 is 9.59 Å². The van der Waals surface area contributed by atoms with Crippen LogP contribution in [-0.4, -0.2) is 23.8 Å². The van der Waals surface area contributed by atoms with Gasteiger partial charge < -0.3 is 10.2 Å². The van der Waals surface area contributed by atoms with Crippen LogP contribution >= 0.6 is 0 Å². The Bertz CT molecular complexity index is 196. The fraction of sp³-hybridized carbons (Fsp3) is 0.333. The summed E-state index contributed by atoms with van der Waals surface area (Å²) in [7, 11) is 0. The van der Waals surface area contributed by atoms with Gasteiger partial charge in [0.2, 0.25) is 12.3 Å². The molecule has 1 saturated heterocycles. The first-order valence-corrected chi connectivity index (χ1v) is 3.99. The minimum Gasteiger partial charge on any atom is -0.336 e. The number of carbonyl (C=O) groups is 2. The molecule has 1 fully saturated rings. The highest BCUT2D eigenvalue weighted by Crippen LogP contribution is 2.08. The molecule has 1 aliphatic heterocycles. The SMILES string of the molecule is C=CN1CCCC1=O.C=CNC=O. The summed E-state index contributed by atoms with van der Waals surface area (Å²) in [5, 5.41) is 2.19. The Labute approximate surface area is 77.9 Å². The number of amides is 2. The zero-order chi connectivity index (χ0) is 10.1. The fourth-order valence-corrected chi connectivity index (χ4v) is 0.910. The maximum Gasteiger partial charge on any atom is 0.226 e. The van der Waals surface area contributed by atoms with Crippen molar-refractivity contribution in [2.24, 2.45) is 0 Å². The summed E-state index contributed by atoms with van der Waals surface area (Å²) >= 11 is 0. The van der Waals surface area contributed by atoms with Gasteiger partial charge in [-0.3, -0.25) is 9.59 Å². The molecule has 0 aliphatic carbocycles. The largest absolute Gasteiger partial charge is 0.336 e. The van der Waals surface area contributed by atoms with Crippen molar-refractivity contribution in [1.29, 1.82) is 0 Å². The van der Waals surface area contributed by atoms with E-state index in [9.17, 15) is 9.59 Å². The maximum absolute atomic E-state index is 10.7. The Hall–Kier alpha value is -1.58. The van der Waals surface area contributed by atoms with E-state index in [1.165, 1.54) is 6.20 Å². The van der Waals surface area contributed by atoms with Gasteiger partial charge in [-0.1, -0.05) is 13.2 Å². The van der Waals surface area contributed by atoms with Crippen LogP contribution in [0.3, 0.4) is 0 Å². The molecule has 4 heteroatoms. The van der Waals surface area contributed by atoms with Gasteiger partial charge in [0.1, 0.15) is 0 Å². The average Bonchev–Trinajstić information content (AvgIpc) is 2.53. The van der Waals surface area contributed by atoms with E-state index in [1.807, 2.05) is 0 Å². The summed E-state index contributed by atoms with van der Waals surface area (Å²) in [6, 6.07) is 0. The summed E-state index contributed by atoms with van der Waals surface area (Å²) < 4.78 is 0. The van der Waals surface area contributed by atoms with Gasteiger partial charge in [-0.2, -0.15) is 0 Å². The van der Waals surface area contributed by atoms with Gasteiger partial charge in [-0.25, -0.2) is 0 Å².